The Morgan fingerprint density at radius 3 is 2.88 bits per heavy atom. The van der Waals surface area contributed by atoms with Gasteiger partial charge >= 0.3 is 0 Å². The summed E-state index contributed by atoms with van der Waals surface area (Å²) in [6, 6.07) is -0.255. The van der Waals surface area contributed by atoms with Gasteiger partial charge in [-0.3, -0.25) is 4.79 Å². The van der Waals surface area contributed by atoms with Crippen molar-refractivity contribution in [2.75, 3.05) is 17.3 Å². The van der Waals surface area contributed by atoms with E-state index in [0.717, 1.165) is 33.9 Å². The fourth-order valence-electron chi connectivity index (χ4n) is 3.64. The van der Waals surface area contributed by atoms with Crippen molar-refractivity contribution in [2.45, 2.75) is 50.1 Å². The Labute approximate surface area is 161 Å². The van der Waals surface area contributed by atoms with Crippen LogP contribution >= 0.6 is 23.1 Å². The van der Waals surface area contributed by atoms with Crippen LogP contribution in [-0.2, 0) is 27.5 Å². The fourth-order valence-corrected chi connectivity index (χ4v) is 7.60. The highest BCUT2D eigenvalue weighted by Gasteiger charge is 2.29. The van der Waals surface area contributed by atoms with Gasteiger partial charge in [-0.1, -0.05) is 11.8 Å². The van der Waals surface area contributed by atoms with Crippen LogP contribution in [0.2, 0.25) is 0 Å². The van der Waals surface area contributed by atoms with Crippen LogP contribution in [0.15, 0.2) is 5.03 Å². The second-order valence-corrected chi connectivity index (χ2v) is 11.2. The molecule has 3 heterocycles. The summed E-state index contributed by atoms with van der Waals surface area (Å²) >= 11 is 3.18. The third-order valence-electron chi connectivity index (χ3n) is 4.83. The molecule has 2 aliphatic rings. The summed E-state index contributed by atoms with van der Waals surface area (Å²) in [6.07, 6.45) is 5.08. The van der Waals surface area contributed by atoms with Gasteiger partial charge in [-0.05, 0) is 44.6 Å². The minimum Gasteiger partial charge on any atom is -0.352 e. The highest BCUT2D eigenvalue weighted by Crippen LogP contribution is 2.39. The molecule has 1 saturated heterocycles. The van der Waals surface area contributed by atoms with Crippen molar-refractivity contribution in [1.29, 1.82) is 0 Å². The lowest BCUT2D eigenvalue weighted by atomic mass is 9.97. The molecule has 0 spiro atoms. The molecule has 1 aliphatic carbocycles. The van der Waals surface area contributed by atoms with Gasteiger partial charge in [0, 0.05) is 16.3 Å². The predicted molar refractivity (Wildman–Crippen MR) is 105 cm³/mol. The molecule has 9 heteroatoms. The summed E-state index contributed by atoms with van der Waals surface area (Å²) in [4.78, 5) is 23.9. The summed E-state index contributed by atoms with van der Waals surface area (Å²) in [6.45, 7) is 1.88. The Hall–Kier alpha value is -1.19. The first kappa shape index (κ1) is 18.2. The van der Waals surface area contributed by atoms with Gasteiger partial charge in [-0.15, -0.1) is 11.3 Å². The van der Waals surface area contributed by atoms with E-state index in [1.807, 2.05) is 6.92 Å². The lowest BCUT2D eigenvalue weighted by molar-refractivity contribution is -0.119. The molecule has 0 aromatic carbocycles. The minimum atomic E-state index is -2.99. The highest BCUT2D eigenvalue weighted by molar-refractivity contribution is 8.00. The number of aryl methyl sites for hydroxylation is 3. The molecule has 1 N–H and O–H groups in total. The first-order valence-electron chi connectivity index (χ1n) is 8.83. The van der Waals surface area contributed by atoms with Crippen molar-refractivity contribution >= 4 is 49.1 Å². The monoisotopic (exact) mass is 411 g/mol. The number of thioether (sulfide) groups is 1. The molecule has 0 bridgehead atoms. The van der Waals surface area contributed by atoms with Crippen molar-refractivity contribution in [3.05, 3.63) is 16.3 Å². The number of sulfone groups is 1. The average molecular weight is 412 g/mol. The van der Waals surface area contributed by atoms with Crippen LogP contribution in [0.4, 0.5) is 0 Å². The van der Waals surface area contributed by atoms with E-state index in [9.17, 15) is 13.2 Å². The number of nitrogens with one attached hydrogen (secondary N) is 1. The number of hydrogen-bond donors (Lipinski definition) is 1. The lowest BCUT2D eigenvalue weighted by Crippen LogP contribution is -2.36. The van der Waals surface area contributed by atoms with Crippen molar-refractivity contribution < 1.29 is 13.2 Å². The van der Waals surface area contributed by atoms with Crippen LogP contribution in [-0.4, -0.2) is 47.6 Å². The minimum absolute atomic E-state index is 0.0539. The molecule has 4 rings (SSSR count). The Balaban J connectivity index is 1.50. The molecule has 0 radical (unpaired) electrons. The average Bonchev–Trinajstić information content (AvgIpc) is 3.11. The maximum atomic E-state index is 12.3. The van der Waals surface area contributed by atoms with Gasteiger partial charge in [0.2, 0.25) is 5.91 Å². The van der Waals surface area contributed by atoms with E-state index >= 15 is 0 Å². The number of fused-ring (bicyclic) bond motifs is 3. The summed E-state index contributed by atoms with van der Waals surface area (Å²) in [5.74, 6) is 1.05. The molecule has 1 fully saturated rings. The van der Waals surface area contributed by atoms with E-state index in [-0.39, 0.29) is 29.2 Å². The maximum absolute atomic E-state index is 12.3. The smallest absolute Gasteiger partial charge is 0.230 e. The zero-order valence-electron chi connectivity index (χ0n) is 14.6. The summed E-state index contributed by atoms with van der Waals surface area (Å²) in [5.41, 5.74) is 1.36. The van der Waals surface area contributed by atoms with E-state index in [1.54, 1.807) is 11.3 Å². The first-order chi connectivity index (χ1) is 12.4. The second-order valence-electron chi connectivity index (χ2n) is 6.92. The maximum Gasteiger partial charge on any atom is 0.230 e. The van der Waals surface area contributed by atoms with Gasteiger partial charge < -0.3 is 5.32 Å². The van der Waals surface area contributed by atoms with Gasteiger partial charge in [0.05, 0.1) is 17.3 Å². The number of nitrogens with zero attached hydrogens (tertiary/aromatic N) is 2. The molecule has 1 atom stereocenters. The number of carbonyl (C=O) groups excluding carboxylic acids is 1. The Kier molecular flexibility index (Phi) is 4.96. The standard InChI is InChI=1S/C17H21N3O3S3/c1-10-18-16(15-12-4-2-3-5-13(12)25-17(15)19-10)24-8-14(21)20-11-6-7-26(22,23)9-11/h11H,2-9H2,1H3,(H,20,21). The van der Waals surface area contributed by atoms with Gasteiger partial charge in [-0.25, -0.2) is 18.4 Å². The molecule has 1 aliphatic heterocycles. The Morgan fingerprint density at radius 1 is 1.31 bits per heavy atom. The molecular weight excluding hydrogens is 390 g/mol. The number of aromatic nitrogens is 2. The van der Waals surface area contributed by atoms with Crippen molar-refractivity contribution in [3.63, 3.8) is 0 Å². The number of rotatable bonds is 4. The summed E-state index contributed by atoms with van der Waals surface area (Å²) in [7, 11) is -2.99. The quantitative estimate of drug-likeness (QED) is 0.613. The number of thiophene rings is 1. The number of hydrogen-bond acceptors (Lipinski definition) is 7. The molecule has 6 nitrogen and oxygen atoms in total. The van der Waals surface area contributed by atoms with Gasteiger partial charge in [0.1, 0.15) is 15.7 Å². The van der Waals surface area contributed by atoms with E-state index in [2.05, 4.69) is 15.3 Å². The largest absolute Gasteiger partial charge is 0.352 e. The van der Waals surface area contributed by atoms with Crippen LogP contribution < -0.4 is 5.32 Å². The SMILES string of the molecule is Cc1nc(SCC(=O)NC2CCS(=O)(=O)C2)c2c3c(sc2n1)CCCC3. The van der Waals surface area contributed by atoms with E-state index in [4.69, 9.17) is 0 Å². The predicted octanol–water partition coefficient (Wildman–Crippen LogP) is 2.27. The normalized spacial score (nSPS) is 21.7. The van der Waals surface area contributed by atoms with Crippen LogP contribution in [0.1, 0.15) is 35.5 Å². The summed E-state index contributed by atoms with van der Waals surface area (Å²) < 4.78 is 23.0. The number of amides is 1. The molecule has 0 saturated carbocycles. The molecule has 140 valence electrons. The number of carbonyl (C=O) groups is 1. The van der Waals surface area contributed by atoms with E-state index < -0.39 is 9.84 Å². The van der Waals surface area contributed by atoms with Crippen molar-refractivity contribution in [2.24, 2.45) is 0 Å². The van der Waals surface area contributed by atoms with Crippen molar-refractivity contribution in [3.8, 4) is 0 Å². The van der Waals surface area contributed by atoms with Crippen LogP contribution in [0.3, 0.4) is 0 Å². The van der Waals surface area contributed by atoms with Gasteiger partial charge in [0.25, 0.3) is 0 Å². The second kappa shape index (κ2) is 7.09. The van der Waals surface area contributed by atoms with E-state index in [1.165, 1.54) is 35.0 Å². The van der Waals surface area contributed by atoms with Crippen LogP contribution in [0, 0.1) is 6.92 Å². The molecule has 1 amide bonds. The van der Waals surface area contributed by atoms with Gasteiger partial charge in [0.15, 0.2) is 9.84 Å². The molecule has 26 heavy (non-hydrogen) atoms. The van der Waals surface area contributed by atoms with Crippen LogP contribution in [0.25, 0.3) is 10.2 Å². The first-order valence-corrected chi connectivity index (χ1v) is 12.4. The highest BCUT2D eigenvalue weighted by atomic mass is 32.2. The van der Waals surface area contributed by atoms with Gasteiger partial charge in [-0.2, -0.15) is 0 Å². The van der Waals surface area contributed by atoms with E-state index in [0.29, 0.717) is 6.42 Å². The van der Waals surface area contributed by atoms with Crippen molar-refractivity contribution in [1.82, 2.24) is 15.3 Å². The third kappa shape index (κ3) is 3.75. The zero-order chi connectivity index (χ0) is 18.3. The molecule has 2 aromatic heterocycles. The molecule has 1 unspecified atom stereocenters. The topological polar surface area (TPSA) is 89.0 Å². The molecular formula is C17H21N3O3S3. The zero-order valence-corrected chi connectivity index (χ0v) is 17.0. The van der Waals surface area contributed by atoms with Crippen LogP contribution in [0.5, 0.6) is 0 Å². The lowest BCUT2D eigenvalue weighted by Gasteiger charge is -2.12. The third-order valence-corrected chi connectivity index (χ3v) is 8.76. The summed E-state index contributed by atoms with van der Waals surface area (Å²) in [5, 5.41) is 4.84. The molecule has 2 aromatic rings. The fraction of sp³-hybridized carbons (Fsp3) is 0.588. The Morgan fingerprint density at radius 2 is 2.12 bits per heavy atom. The Bertz CT molecular complexity index is 969.